The molecule has 0 spiro atoms. The lowest BCUT2D eigenvalue weighted by Crippen LogP contribution is -2.37. The standard InChI is InChI=1S/C23H32N8O3/c1-16(2)30-19-12-21(25-13-18(19)26-22(30)14-28(3)4)31(34-15-32)20-6-9-24-23(27-20)29-10-7-17(33-5)8-11-29/h6,9,12-13,15-17H,7-8,10-11,14H2,1-5H3. The third-order valence-corrected chi connectivity index (χ3v) is 5.86. The summed E-state index contributed by atoms with van der Waals surface area (Å²) in [4.78, 5) is 39.3. The van der Waals surface area contributed by atoms with Crippen molar-refractivity contribution < 1.29 is 14.4 Å². The van der Waals surface area contributed by atoms with Gasteiger partial charge in [0.15, 0.2) is 11.6 Å². The number of pyridine rings is 1. The van der Waals surface area contributed by atoms with Gasteiger partial charge in [-0.15, -0.1) is 5.06 Å². The summed E-state index contributed by atoms with van der Waals surface area (Å²) >= 11 is 0. The summed E-state index contributed by atoms with van der Waals surface area (Å²) in [5.41, 5.74) is 1.69. The Hall–Kier alpha value is -3.31. The first-order chi connectivity index (χ1) is 16.4. The molecule has 0 unspecified atom stereocenters. The molecule has 4 rings (SSSR count). The Morgan fingerprint density at radius 3 is 2.59 bits per heavy atom. The number of hydrogen-bond donors (Lipinski definition) is 0. The van der Waals surface area contributed by atoms with Gasteiger partial charge in [0.05, 0.1) is 24.4 Å². The number of hydrogen-bond acceptors (Lipinski definition) is 10. The summed E-state index contributed by atoms with van der Waals surface area (Å²) < 4.78 is 7.63. The summed E-state index contributed by atoms with van der Waals surface area (Å²) in [6, 6.07) is 3.76. The molecule has 34 heavy (non-hydrogen) atoms. The van der Waals surface area contributed by atoms with Crippen LogP contribution in [0.15, 0.2) is 24.5 Å². The number of carbonyl (C=O) groups is 1. The SMILES string of the molecule is COC1CCN(c2nccc(N(OC=O)c3cc4c(cn3)nc(CN(C)C)n4C(C)C)n2)CC1. The van der Waals surface area contributed by atoms with Gasteiger partial charge in [0, 0.05) is 44.6 Å². The summed E-state index contributed by atoms with van der Waals surface area (Å²) in [5, 5.41) is 1.32. The molecule has 11 heteroatoms. The van der Waals surface area contributed by atoms with Gasteiger partial charge in [0.2, 0.25) is 5.95 Å². The van der Waals surface area contributed by atoms with E-state index in [1.165, 1.54) is 5.06 Å². The van der Waals surface area contributed by atoms with Crippen LogP contribution in [0.2, 0.25) is 0 Å². The van der Waals surface area contributed by atoms with Crippen LogP contribution in [-0.4, -0.2) is 76.3 Å². The van der Waals surface area contributed by atoms with Crippen molar-refractivity contribution in [3.05, 3.63) is 30.4 Å². The topological polar surface area (TPSA) is 102 Å². The second kappa shape index (κ2) is 10.3. The van der Waals surface area contributed by atoms with Crippen molar-refractivity contribution >= 4 is 35.1 Å². The molecule has 1 aliphatic rings. The number of anilines is 3. The molecular formula is C23H32N8O3. The number of ether oxygens (including phenoxy) is 1. The zero-order valence-corrected chi connectivity index (χ0v) is 20.4. The van der Waals surface area contributed by atoms with E-state index < -0.39 is 0 Å². The first-order valence-electron chi connectivity index (χ1n) is 11.4. The summed E-state index contributed by atoms with van der Waals surface area (Å²) in [6.07, 6.45) is 5.43. The molecule has 0 radical (unpaired) electrons. The van der Waals surface area contributed by atoms with Gasteiger partial charge in [-0.2, -0.15) is 4.98 Å². The lowest BCUT2D eigenvalue weighted by Gasteiger charge is -2.31. The molecule has 4 heterocycles. The lowest BCUT2D eigenvalue weighted by molar-refractivity contribution is -0.128. The number of piperidine rings is 1. The third-order valence-electron chi connectivity index (χ3n) is 5.86. The number of methoxy groups -OCH3 is 1. The minimum absolute atomic E-state index is 0.191. The summed E-state index contributed by atoms with van der Waals surface area (Å²) in [6.45, 7) is 6.89. The van der Waals surface area contributed by atoms with E-state index in [1.54, 1.807) is 25.6 Å². The minimum atomic E-state index is 0.191. The molecule has 1 aliphatic heterocycles. The predicted molar refractivity (Wildman–Crippen MR) is 129 cm³/mol. The molecule has 0 saturated carbocycles. The quantitative estimate of drug-likeness (QED) is 0.344. The van der Waals surface area contributed by atoms with Crippen molar-refractivity contribution in [1.82, 2.24) is 29.4 Å². The summed E-state index contributed by atoms with van der Waals surface area (Å²) in [7, 11) is 5.76. The first kappa shape index (κ1) is 23.8. The molecule has 0 bridgehead atoms. The first-order valence-corrected chi connectivity index (χ1v) is 11.4. The fourth-order valence-corrected chi connectivity index (χ4v) is 4.28. The van der Waals surface area contributed by atoms with E-state index in [2.05, 4.69) is 43.2 Å². The van der Waals surface area contributed by atoms with Crippen LogP contribution in [0.25, 0.3) is 11.0 Å². The van der Waals surface area contributed by atoms with Crippen LogP contribution >= 0.6 is 0 Å². The molecule has 182 valence electrons. The Bertz CT molecular complexity index is 1120. The number of rotatable bonds is 9. The van der Waals surface area contributed by atoms with Gasteiger partial charge < -0.3 is 23.9 Å². The van der Waals surface area contributed by atoms with Crippen LogP contribution in [-0.2, 0) is 20.9 Å². The molecule has 3 aromatic rings. The van der Waals surface area contributed by atoms with Gasteiger partial charge >= 0.3 is 6.47 Å². The van der Waals surface area contributed by atoms with E-state index in [0.29, 0.717) is 30.6 Å². The van der Waals surface area contributed by atoms with Crippen molar-refractivity contribution in [3.8, 4) is 0 Å². The van der Waals surface area contributed by atoms with E-state index in [4.69, 9.17) is 14.6 Å². The number of fused-ring (bicyclic) bond motifs is 1. The third kappa shape index (κ3) is 4.95. The summed E-state index contributed by atoms with van der Waals surface area (Å²) in [5.74, 6) is 2.37. The average Bonchev–Trinajstić information content (AvgIpc) is 3.19. The number of aromatic nitrogens is 5. The second-order valence-corrected chi connectivity index (χ2v) is 8.89. The van der Waals surface area contributed by atoms with Gasteiger partial charge in [-0.05, 0) is 40.8 Å². The number of nitrogens with zero attached hydrogens (tertiary/aromatic N) is 8. The highest BCUT2D eigenvalue weighted by molar-refractivity contribution is 5.79. The Kier molecular flexibility index (Phi) is 7.23. The average molecular weight is 469 g/mol. The van der Waals surface area contributed by atoms with Crippen LogP contribution < -0.4 is 9.96 Å². The Balaban J connectivity index is 1.69. The predicted octanol–water partition coefficient (Wildman–Crippen LogP) is 2.71. The van der Waals surface area contributed by atoms with Gasteiger partial charge in [-0.3, -0.25) is 4.79 Å². The van der Waals surface area contributed by atoms with Crippen molar-refractivity contribution in [2.45, 2.75) is 45.4 Å². The van der Waals surface area contributed by atoms with Crippen LogP contribution in [0, 0.1) is 0 Å². The Labute approximate surface area is 199 Å². The normalized spacial score (nSPS) is 14.9. The van der Waals surface area contributed by atoms with Crippen molar-refractivity contribution in [2.24, 2.45) is 0 Å². The van der Waals surface area contributed by atoms with Crippen LogP contribution in [0.3, 0.4) is 0 Å². The van der Waals surface area contributed by atoms with E-state index >= 15 is 0 Å². The maximum Gasteiger partial charge on any atom is 0.321 e. The maximum absolute atomic E-state index is 11.4. The fourth-order valence-electron chi connectivity index (χ4n) is 4.28. The molecular weight excluding hydrogens is 436 g/mol. The van der Waals surface area contributed by atoms with Crippen LogP contribution in [0.1, 0.15) is 38.6 Å². The largest absolute Gasteiger partial charge is 0.381 e. The number of imidazole rings is 1. The molecule has 0 amide bonds. The number of carbonyl (C=O) groups excluding carboxylic acids is 1. The van der Waals surface area contributed by atoms with Gasteiger partial charge in [0.1, 0.15) is 11.3 Å². The zero-order chi connectivity index (χ0) is 24.2. The van der Waals surface area contributed by atoms with E-state index in [1.807, 2.05) is 20.2 Å². The van der Waals surface area contributed by atoms with E-state index in [-0.39, 0.29) is 12.1 Å². The van der Waals surface area contributed by atoms with E-state index in [0.717, 1.165) is 42.8 Å². The molecule has 1 fully saturated rings. The van der Waals surface area contributed by atoms with Gasteiger partial charge in [0.25, 0.3) is 0 Å². The lowest BCUT2D eigenvalue weighted by atomic mass is 10.1. The zero-order valence-electron chi connectivity index (χ0n) is 20.4. The highest BCUT2D eigenvalue weighted by atomic mass is 16.7. The molecule has 1 saturated heterocycles. The minimum Gasteiger partial charge on any atom is -0.381 e. The molecule has 0 aromatic carbocycles. The highest BCUT2D eigenvalue weighted by Crippen LogP contribution is 2.29. The molecule has 3 aromatic heterocycles. The molecule has 0 N–H and O–H groups in total. The molecule has 0 aliphatic carbocycles. The highest BCUT2D eigenvalue weighted by Gasteiger charge is 2.23. The second-order valence-electron chi connectivity index (χ2n) is 8.89. The van der Waals surface area contributed by atoms with E-state index in [9.17, 15) is 4.79 Å². The molecule has 0 atom stereocenters. The van der Waals surface area contributed by atoms with Crippen molar-refractivity contribution in [2.75, 3.05) is 44.3 Å². The maximum atomic E-state index is 11.4. The molecule has 11 nitrogen and oxygen atoms in total. The van der Waals surface area contributed by atoms with Crippen LogP contribution in [0.4, 0.5) is 17.6 Å². The fraction of sp³-hybridized carbons (Fsp3) is 0.522. The van der Waals surface area contributed by atoms with Crippen molar-refractivity contribution in [1.29, 1.82) is 0 Å². The monoisotopic (exact) mass is 468 g/mol. The Morgan fingerprint density at radius 2 is 1.94 bits per heavy atom. The van der Waals surface area contributed by atoms with Gasteiger partial charge in [-0.25, -0.2) is 15.0 Å². The Morgan fingerprint density at radius 1 is 1.18 bits per heavy atom. The smallest absolute Gasteiger partial charge is 0.321 e. The van der Waals surface area contributed by atoms with Crippen LogP contribution in [0.5, 0.6) is 0 Å². The van der Waals surface area contributed by atoms with Gasteiger partial charge in [-0.1, -0.05) is 0 Å². The van der Waals surface area contributed by atoms with Crippen molar-refractivity contribution in [3.63, 3.8) is 0 Å².